The van der Waals surface area contributed by atoms with Gasteiger partial charge in [0.05, 0.1) is 0 Å². The van der Waals surface area contributed by atoms with Crippen LogP contribution in [0.5, 0.6) is 0 Å². The van der Waals surface area contributed by atoms with Gasteiger partial charge in [0.2, 0.25) is 0 Å². The van der Waals surface area contributed by atoms with Crippen molar-refractivity contribution in [1.29, 1.82) is 0 Å². The molecule has 0 bridgehead atoms. The Kier molecular flexibility index (Phi) is 5.16. The van der Waals surface area contributed by atoms with Gasteiger partial charge in [-0.3, -0.25) is 5.43 Å². The first-order chi connectivity index (χ1) is 8.09. The maximum atomic E-state index is 5.21. The van der Waals surface area contributed by atoms with E-state index in [1.165, 1.54) is 5.69 Å². The average Bonchev–Trinajstić information content (AvgIpc) is 2.29. The van der Waals surface area contributed by atoms with Gasteiger partial charge in [0.25, 0.3) is 0 Å². The van der Waals surface area contributed by atoms with Crippen molar-refractivity contribution in [3.63, 3.8) is 0 Å². The molecule has 0 aliphatic heterocycles. The largest absolute Gasteiger partial charge is 0.378 e. The fourth-order valence-electron chi connectivity index (χ4n) is 1.18. The standard InChI is InChI=1S/C12H16N4S/c1-16(2)11-7-5-10(6-8-11)4-3-9-14-15-12(13)17/h3-9H,1-2H3,(H3,13,15,17). The van der Waals surface area contributed by atoms with Crippen molar-refractivity contribution in [2.24, 2.45) is 10.8 Å². The summed E-state index contributed by atoms with van der Waals surface area (Å²) in [5.41, 5.74) is 9.97. The zero-order chi connectivity index (χ0) is 12.7. The molecule has 0 saturated carbocycles. The first kappa shape index (κ1) is 13.2. The molecular formula is C12H16N4S. The predicted molar refractivity (Wildman–Crippen MR) is 78.2 cm³/mol. The third-order valence-electron chi connectivity index (χ3n) is 2.03. The molecular weight excluding hydrogens is 232 g/mol. The van der Waals surface area contributed by atoms with E-state index >= 15 is 0 Å². The monoisotopic (exact) mass is 248 g/mol. The van der Waals surface area contributed by atoms with Crippen LogP contribution in [-0.2, 0) is 0 Å². The van der Waals surface area contributed by atoms with Crippen molar-refractivity contribution in [2.45, 2.75) is 0 Å². The van der Waals surface area contributed by atoms with E-state index in [1.54, 1.807) is 6.21 Å². The van der Waals surface area contributed by atoms with E-state index in [-0.39, 0.29) is 5.11 Å². The normalized spacial score (nSPS) is 10.9. The molecule has 0 radical (unpaired) electrons. The molecule has 3 N–H and O–H groups in total. The molecule has 4 nitrogen and oxygen atoms in total. The van der Waals surface area contributed by atoms with Crippen LogP contribution in [-0.4, -0.2) is 25.4 Å². The number of anilines is 1. The van der Waals surface area contributed by atoms with Gasteiger partial charge in [-0.15, -0.1) is 0 Å². The molecule has 0 unspecified atom stereocenters. The second kappa shape index (κ2) is 6.65. The zero-order valence-electron chi connectivity index (χ0n) is 9.92. The molecule has 0 aliphatic carbocycles. The first-order valence-electron chi connectivity index (χ1n) is 5.12. The van der Waals surface area contributed by atoms with E-state index in [9.17, 15) is 0 Å². The minimum Gasteiger partial charge on any atom is -0.378 e. The van der Waals surface area contributed by atoms with Crippen LogP contribution in [0.1, 0.15) is 5.56 Å². The molecule has 5 heteroatoms. The van der Waals surface area contributed by atoms with Crippen LogP contribution >= 0.6 is 12.2 Å². The van der Waals surface area contributed by atoms with E-state index in [1.807, 2.05) is 38.4 Å². The number of nitrogens with zero attached hydrogens (tertiary/aromatic N) is 2. The van der Waals surface area contributed by atoms with Crippen molar-refractivity contribution < 1.29 is 0 Å². The van der Waals surface area contributed by atoms with Crippen LogP contribution < -0.4 is 16.1 Å². The van der Waals surface area contributed by atoms with Crippen LogP contribution in [0.25, 0.3) is 6.08 Å². The van der Waals surface area contributed by atoms with Crippen molar-refractivity contribution in [3.05, 3.63) is 35.9 Å². The van der Waals surface area contributed by atoms with Gasteiger partial charge in [-0.05, 0) is 36.0 Å². The highest BCUT2D eigenvalue weighted by Crippen LogP contribution is 2.12. The second-order valence-corrected chi connectivity index (χ2v) is 4.04. The van der Waals surface area contributed by atoms with Crippen LogP contribution in [0.3, 0.4) is 0 Å². The van der Waals surface area contributed by atoms with Gasteiger partial charge in [-0.1, -0.05) is 18.2 Å². The van der Waals surface area contributed by atoms with Gasteiger partial charge < -0.3 is 10.6 Å². The fraction of sp³-hybridized carbons (Fsp3) is 0.167. The molecule has 0 heterocycles. The van der Waals surface area contributed by atoms with Crippen molar-refractivity contribution in [2.75, 3.05) is 19.0 Å². The number of nitrogens with one attached hydrogen (secondary N) is 1. The summed E-state index contributed by atoms with van der Waals surface area (Å²) in [5, 5.41) is 3.95. The minimum atomic E-state index is 0.157. The molecule has 1 rings (SSSR count). The number of hydrazone groups is 1. The molecule has 0 spiro atoms. The predicted octanol–water partition coefficient (Wildman–Crippen LogP) is 1.58. The van der Waals surface area contributed by atoms with E-state index < -0.39 is 0 Å². The lowest BCUT2D eigenvalue weighted by molar-refractivity contribution is 1.04. The molecule has 1 aromatic carbocycles. The number of rotatable bonds is 4. The van der Waals surface area contributed by atoms with Crippen LogP contribution in [0.2, 0.25) is 0 Å². The smallest absolute Gasteiger partial charge is 0.184 e. The summed E-state index contributed by atoms with van der Waals surface area (Å²) in [5.74, 6) is 0. The highest BCUT2D eigenvalue weighted by atomic mass is 32.1. The quantitative estimate of drug-likeness (QED) is 0.482. The lowest BCUT2D eigenvalue weighted by Crippen LogP contribution is -2.23. The Balaban J connectivity index is 2.54. The Bertz CT molecular complexity index is 421. The van der Waals surface area contributed by atoms with Crippen molar-refractivity contribution >= 4 is 35.3 Å². The average molecular weight is 248 g/mol. The Labute approximate surface area is 107 Å². The van der Waals surface area contributed by atoms with E-state index in [0.717, 1.165) is 5.56 Å². The topological polar surface area (TPSA) is 53.6 Å². The summed E-state index contributed by atoms with van der Waals surface area (Å²) in [4.78, 5) is 2.06. The number of nitrogens with two attached hydrogens (primary N) is 1. The Hall–Kier alpha value is -1.88. The second-order valence-electron chi connectivity index (χ2n) is 3.60. The van der Waals surface area contributed by atoms with Crippen LogP contribution in [0.4, 0.5) is 5.69 Å². The van der Waals surface area contributed by atoms with Crippen molar-refractivity contribution in [1.82, 2.24) is 5.43 Å². The van der Waals surface area contributed by atoms with Crippen molar-refractivity contribution in [3.8, 4) is 0 Å². The number of allylic oxidation sites excluding steroid dienone is 1. The number of benzene rings is 1. The maximum Gasteiger partial charge on any atom is 0.184 e. The highest BCUT2D eigenvalue weighted by molar-refractivity contribution is 7.80. The lowest BCUT2D eigenvalue weighted by Gasteiger charge is -2.11. The van der Waals surface area contributed by atoms with Crippen LogP contribution in [0, 0.1) is 0 Å². The molecule has 0 fully saturated rings. The molecule has 0 aromatic heterocycles. The van der Waals surface area contributed by atoms with Crippen LogP contribution in [0.15, 0.2) is 35.4 Å². The number of hydrogen-bond donors (Lipinski definition) is 2. The molecule has 0 atom stereocenters. The summed E-state index contributed by atoms with van der Waals surface area (Å²) in [7, 11) is 4.03. The summed E-state index contributed by atoms with van der Waals surface area (Å²) >= 11 is 4.60. The van der Waals surface area contributed by atoms with Gasteiger partial charge in [0.1, 0.15) is 0 Å². The third kappa shape index (κ3) is 5.12. The molecule has 0 saturated heterocycles. The Morgan fingerprint density at radius 2 is 2.00 bits per heavy atom. The molecule has 0 amide bonds. The van der Waals surface area contributed by atoms with Gasteiger partial charge in [-0.25, -0.2) is 0 Å². The third-order valence-corrected chi connectivity index (χ3v) is 2.12. The maximum absolute atomic E-state index is 5.21. The first-order valence-corrected chi connectivity index (χ1v) is 5.53. The minimum absolute atomic E-state index is 0.157. The molecule has 0 aliphatic rings. The van der Waals surface area contributed by atoms with E-state index in [4.69, 9.17) is 5.73 Å². The summed E-state index contributed by atoms with van der Waals surface area (Å²) in [6, 6.07) is 8.20. The fourth-order valence-corrected chi connectivity index (χ4v) is 1.23. The Morgan fingerprint density at radius 1 is 1.35 bits per heavy atom. The van der Waals surface area contributed by atoms with E-state index in [0.29, 0.717) is 0 Å². The van der Waals surface area contributed by atoms with E-state index in [2.05, 4.69) is 39.8 Å². The summed E-state index contributed by atoms with van der Waals surface area (Å²) < 4.78 is 0. The Morgan fingerprint density at radius 3 is 2.53 bits per heavy atom. The van der Waals surface area contributed by atoms with Gasteiger partial charge in [0.15, 0.2) is 5.11 Å². The SMILES string of the molecule is CN(C)c1ccc(C=CC=NNC(N)=S)cc1. The molecule has 90 valence electrons. The zero-order valence-corrected chi connectivity index (χ0v) is 10.7. The summed E-state index contributed by atoms with van der Waals surface area (Å²) in [6.45, 7) is 0. The molecule has 1 aromatic rings. The lowest BCUT2D eigenvalue weighted by atomic mass is 10.2. The van der Waals surface area contributed by atoms with Gasteiger partial charge >= 0.3 is 0 Å². The number of thiocarbonyl (C=S) groups is 1. The summed E-state index contributed by atoms with van der Waals surface area (Å²) in [6.07, 6.45) is 5.36. The highest BCUT2D eigenvalue weighted by Gasteiger charge is 1.92. The van der Waals surface area contributed by atoms with Gasteiger partial charge in [0, 0.05) is 26.0 Å². The van der Waals surface area contributed by atoms with Gasteiger partial charge in [-0.2, -0.15) is 5.10 Å². The molecule has 17 heavy (non-hydrogen) atoms. The number of hydrogen-bond acceptors (Lipinski definition) is 3.